The van der Waals surface area contributed by atoms with Crippen LogP contribution in [0.25, 0.3) is 16.7 Å². The number of nitrogens with one attached hydrogen (secondary N) is 1. The van der Waals surface area contributed by atoms with Gasteiger partial charge in [-0.15, -0.1) is 13.2 Å². The van der Waals surface area contributed by atoms with Crippen LogP contribution in [-0.4, -0.2) is 51.0 Å². The van der Waals surface area contributed by atoms with Crippen molar-refractivity contribution in [2.24, 2.45) is 5.92 Å². The predicted octanol–water partition coefficient (Wildman–Crippen LogP) is 3.68. The fourth-order valence-electron chi connectivity index (χ4n) is 3.66. The van der Waals surface area contributed by atoms with Crippen molar-refractivity contribution in [3.8, 4) is 5.75 Å². The van der Waals surface area contributed by atoms with E-state index in [1.807, 2.05) is 0 Å². The maximum Gasteiger partial charge on any atom is 0.573 e. The van der Waals surface area contributed by atoms with Gasteiger partial charge in [0, 0.05) is 32.5 Å². The summed E-state index contributed by atoms with van der Waals surface area (Å²) in [5.41, 5.74) is 0.323. The van der Waals surface area contributed by atoms with Gasteiger partial charge in [0.05, 0.1) is 22.8 Å². The van der Waals surface area contributed by atoms with Gasteiger partial charge in [0.15, 0.2) is 5.65 Å². The molecule has 0 saturated carbocycles. The van der Waals surface area contributed by atoms with Gasteiger partial charge in [0.25, 0.3) is 5.56 Å². The average molecular weight is 494 g/mol. The van der Waals surface area contributed by atoms with Crippen LogP contribution in [0.4, 0.5) is 13.2 Å². The van der Waals surface area contributed by atoms with Crippen LogP contribution >= 0.6 is 11.6 Å². The van der Waals surface area contributed by atoms with Gasteiger partial charge >= 0.3 is 6.36 Å². The van der Waals surface area contributed by atoms with Crippen molar-refractivity contribution < 1.29 is 22.7 Å². The number of aromatic nitrogens is 4. The number of allylic oxidation sites excluding steroid dienone is 3. The highest BCUT2D eigenvalue weighted by Crippen LogP contribution is 2.32. The number of benzene rings is 1. The lowest BCUT2D eigenvalue weighted by Crippen LogP contribution is -2.30. The Balaban J connectivity index is 1.73. The van der Waals surface area contributed by atoms with E-state index in [0.717, 1.165) is 0 Å². The zero-order chi connectivity index (χ0) is 24.6. The molecule has 1 amide bonds. The molecule has 34 heavy (non-hydrogen) atoms. The average Bonchev–Trinajstić information content (AvgIpc) is 3.18. The van der Waals surface area contributed by atoms with Gasteiger partial charge in [-0.1, -0.05) is 35.9 Å². The molecule has 178 valence electrons. The minimum Gasteiger partial charge on any atom is -0.405 e. The van der Waals surface area contributed by atoms with Crippen molar-refractivity contribution in [1.82, 2.24) is 24.6 Å². The molecule has 8 nitrogen and oxygen atoms in total. The van der Waals surface area contributed by atoms with Gasteiger partial charge in [-0.05, 0) is 12.1 Å². The molecule has 4 rings (SSSR count). The van der Waals surface area contributed by atoms with Gasteiger partial charge in [-0.25, -0.2) is 9.67 Å². The summed E-state index contributed by atoms with van der Waals surface area (Å²) in [6.45, 7) is 0. The molecule has 0 aliphatic heterocycles. The maximum atomic E-state index is 12.8. The topological polar surface area (TPSA) is 93.1 Å². The van der Waals surface area contributed by atoms with Crippen LogP contribution in [0.3, 0.4) is 0 Å². The van der Waals surface area contributed by atoms with E-state index >= 15 is 0 Å². The number of hydrogen-bond donors (Lipinski definition) is 1. The number of rotatable bonds is 5. The first-order valence-corrected chi connectivity index (χ1v) is 10.5. The van der Waals surface area contributed by atoms with Crippen LogP contribution in [0.5, 0.6) is 5.75 Å². The lowest BCUT2D eigenvalue weighted by Gasteiger charge is -2.22. The number of alkyl halides is 3. The fraction of sp³-hybridized carbons (Fsp3) is 0.273. The van der Waals surface area contributed by atoms with Crippen molar-refractivity contribution in [2.45, 2.75) is 19.2 Å². The summed E-state index contributed by atoms with van der Waals surface area (Å²) in [5, 5.41) is 4.75. The Kier molecular flexibility index (Phi) is 6.22. The number of ether oxygens (including phenoxy) is 1. The minimum atomic E-state index is -4.86. The third-order valence-electron chi connectivity index (χ3n) is 5.22. The van der Waals surface area contributed by atoms with E-state index in [0.29, 0.717) is 10.7 Å². The molecule has 1 aliphatic carbocycles. The molecule has 0 saturated heterocycles. The molecule has 1 aromatic carbocycles. The molecule has 12 heteroatoms. The second-order valence-corrected chi connectivity index (χ2v) is 8.24. The van der Waals surface area contributed by atoms with E-state index in [2.05, 4.69) is 19.8 Å². The molecule has 0 radical (unpaired) electrons. The summed E-state index contributed by atoms with van der Waals surface area (Å²) >= 11 is 6.39. The van der Waals surface area contributed by atoms with E-state index < -0.39 is 17.8 Å². The summed E-state index contributed by atoms with van der Waals surface area (Å²) in [6.07, 6.45) is -0.143. The SMILES string of the molecule is CN(C)C(=O)C1C=CC(Cl)=C(n2ncc3c(=O)[nH]c(Cc4ccccc4OC(F)(F)F)nc32)C1. The van der Waals surface area contributed by atoms with E-state index in [4.69, 9.17) is 11.6 Å². The van der Waals surface area contributed by atoms with E-state index in [1.54, 1.807) is 32.3 Å². The first kappa shape index (κ1) is 23.6. The van der Waals surface area contributed by atoms with Crippen LogP contribution in [0, 0.1) is 5.92 Å². The molecule has 0 bridgehead atoms. The smallest absolute Gasteiger partial charge is 0.405 e. The highest BCUT2D eigenvalue weighted by atomic mass is 35.5. The van der Waals surface area contributed by atoms with Crippen molar-refractivity contribution >= 4 is 34.2 Å². The Bertz CT molecular complexity index is 1370. The quantitative estimate of drug-likeness (QED) is 0.585. The first-order chi connectivity index (χ1) is 16.0. The molecule has 1 aliphatic rings. The summed E-state index contributed by atoms with van der Waals surface area (Å²) in [4.78, 5) is 33.6. The van der Waals surface area contributed by atoms with Crippen LogP contribution in [-0.2, 0) is 11.2 Å². The fourth-order valence-corrected chi connectivity index (χ4v) is 3.89. The molecule has 1 N–H and O–H groups in total. The summed E-state index contributed by atoms with van der Waals surface area (Å²) in [7, 11) is 3.29. The Morgan fingerprint density at radius 1 is 1.32 bits per heavy atom. The third kappa shape index (κ3) is 4.84. The summed E-state index contributed by atoms with van der Waals surface area (Å²) in [5.74, 6) is -0.873. The highest BCUT2D eigenvalue weighted by molar-refractivity contribution is 6.34. The monoisotopic (exact) mass is 493 g/mol. The Morgan fingerprint density at radius 3 is 2.76 bits per heavy atom. The molecule has 0 spiro atoms. The van der Waals surface area contributed by atoms with Crippen molar-refractivity contribution in [1.29, 1.82) is 0 Å². The van der Waals surface area contributed by atoms with Gasteiger partial charge in [-0.3, -0.25) is 9.59 Å². The predicted molar refractivity (Wildman–Crippen MR) is 119 cm³/mol. The Labute approximate surface area is 196 Å². The number of amides is 1. The highest BCUT2D eigenvalue weighted by Gasteiger charge is 2.32. The molecular weight excluding hydrogens is 475 g/mol. The van der Waals surface area contributed by atoms with E-state index in [1.165, 1.54) is 34.0 Å². The number of nitrogens with zero attached hydrogens (tertiary/aromatic N) is 4. The number of fused-ring (bicyclic) bond motifs is 1. The van der Waals surface area contributed by atoms with Gasteiger partial charge < -0.3 is 14.6 Å². The standard InChI is InChI=1S/C22H19ClF3N5O3/c1-30(2)21(33)13-7-8-15(23)16(9-13)31-19-14(11-27-31)20(32)29-18(28-19)10-12-5-3-4-6-17(12)34-22(24,25)26/h3-8,11,13H,9-10H2,1-2H3,(H,28,29,32). The first-order valence-electron chi connectivity index (χ1n) is 10.1. The number of aromatic amines is 1. The van der Waals surface area contributed by atoms with Crippen LogP contribution < -0.4 is 10.3 Å². The molecule has 1 atom stereocenters. The molecule has 3 aromatic rings. The lowest BCUT2D eigenvalue weighted by molar-refractivity contribution is -0.274. The van der Waals surface area contributed by atoms with Crippen molar-refractivity contribution in [3.05, 3.63) is 69.4 Å². The summed E-state index contributed by atoms with van der Waals surface area (Å²) < 4.78 is 43.8. The van der Waals surface area contributed by atoms with E-state index in [9.17, 15) is 22.8 Å². The van der Waals surface area contributed by atoms with Crippen molar-refractivity contribution in [3.63, 3.8) is 0 Å². The Hall–Kier alpha value is -3.60. The summed E-state index contributed by atoms with van der Waals surface area (Å²) in [6, 6.07) is 5.60. The second kappa shape index (κ2) is 8.98. The molecule has 0 fully saturated rings. The van der Waals surface area contributed by atoms with E-state index in [-0.39, 0.29) is 46.9 Å². The number of para-hydroxylation sites is 1. The normalized spacial score (nSPS) is 16.2. The molecule has 2 heterocycles. The number of H-pyrrole nitrogens is 1. The largest absolute Gasteiger partial charge is 0.573 e. The zero-order valence-electron chi connectivity index (χ0n) is 18.1. The zero-order valence-corrected chi connectivity index (χ0v) is 18.8. The number of carbonyl (C=O) groups excluding carboxylic acids is 1. The van der Waals surface area contributed by atoms with Gasteiger partial charge in [0.1, 0.15) is 17.0 Å². The Morgan fingerprint density at radius 2 is 2.06 bits per heavy atom. The minimum absolute atomic E-state index is 0.112. The van der Waals surface area contributed by atoms with Crippen LogP contribution in [0.2, 0.25) is 0 Å². The number of hydrogen-bond acceptors (Lipinski definition) is 5. The third-order valence-corrected chi connectivity index (χ3v) is 5.56. The van der Waals surface area contributed by atoms with Crippen LogP contribution in [0.1, 0.15) is 17.8 Å². The van der Waals surface area contributed by atoms with Gasteiger partial charge in [-0.2, -0.15) is 5.10 Å². The van der Waals surface area contributed by atoms with Crippen molar-refractivity contribution in [2.75, 3.05) is 14.1 Å². The maximum absolute atomic E-state index is 12.8. The number of carbonyl (C=O) groups is 1. The second-order valence-electron chi connectivity index (χ2n) is 7.84. The number of halogens is 4. The molecule has 2 aromatic heterocycles. The molecular formula is C22H19ClF3N5O3. The lowest BCUT2D eigenvalue weighted by atomic mass is 9.97. The van der Waals surface area contributed by atoms with Gasteiger partial charge in [0.2, 0.25) is 5.91 Å². The van der Waals surface area contributed by atoms with Crippen LogP contribution in [0.15, 0.2) is 52.4 Å². The molecule has 1 unspecified atom stereocenters.